The minimum atomic E-state index is -1.38. The third-order valence-corrected chi connectivity index (χ3v) is 7.24. The summed E-state index contributed by atoms with van der Waals surface area (Å²) in [5.41, 5.74) is 2.25. The number of rotatable bonds is 6. The highest BCUT2D eigenvalue weighted by atomic mass is 16.5. The number of nitrogens with one attached hydrogen (secondary N) is 1. The summed E-state index contributed by atoms with van der Waals surface area (Å²) < 4.78 is 16.8. The quantitative estimate of drug-likeness (QED) is 0.275. The fourth-order valence-corrected chi connectivity index (χ4v) is 4.86. The standard InChI is InChI=1S/C29H31N3O7/c1-17(22(14-30)29(36)31-15-26-28(35)27(34)23(33)16-38-26)24-6-7-25(39-24)20-3-2-19-13-21(5-4-18(19)12-20)32-8-10-37-11-9-32/h2-7,12-13,23,26-28,33-35H,8-11,15-16H2,1H3,(H,31,36)/b22-17+/t23-,26+,27+,28+/m0/s1. The Hall–Kier alpha value is -3.72. The molecule has 0 bridgehead atoms. The SMILES string of the molecule is C/C(=C(/C#N)C(=O)NC[C@H]1OC[C@H](O)[C@@H](O)[C@@H]1O)c1ccc(-c2ccc3cc(N4CCOCC4)ccc3c2)o1. The minimum Gasteiger partial charge on any atom is -0.456 e. The number of aliphatic hydroxyl groups excluding tert-OH is 3. The van der Waals surface area contributed by atoms with Gasteiger partial charge < -0.3 is 39.4 Å². The first-order valence-corrected chi connectivity index (χ1v) is 12.9. The highest BCUT2D eigenvalue weighted by Gasteiger charge is 2.37. The van der Waals surface area contributed by atoms with Gasteiger partial charge in [0.1, 0.15) is 47.6 Å². The molecule has 39 heavy (non-hydrogen) atoms. The Labute approximate surface area is 225 Å². The monoisotopic (exact) mass is 533 g/mol. The summed E-state index contributed by atoms with van der Waals surface area (Å²) in [5, 5.41) is 43.9. The van der Waals surface area contributed by atoms with Crippen LogP contribution in [0.1, 0.15) is 12.7 Å². The molecule has 2 saturated heterocycles. The van der Waals surface area contributed by atoms with E-state index in [1.165, 1.54) is 5.69 Å². The minimum absolute atomic E-state index is 0.143. The van der Waals surface area contributed by atoms with Gasteiger partial charge in [0.2, 0.25) is 0 Å². The number of allylic oxidation sites excluding steroid dienone is 1. The molecule has 2 fully saturated rings. The molecular weight excluding hydrogens is 502 g/mol. The van der Waals surface area contributed by atoms with Crippen molar-refractivity contribution >= 4 is 27.9 Å². The predicted molar refractivity (Wildman–Crippen MR) is 144 cm³/mol. The maximum atomic E-state index is 12.8. The van der Waals surface area contributed by atoms with Crippen LogP contribution < -0.4 is 10.2 Å². The lowest BCUT2D eigenvalue weighted by atomic mass is 10.00. The molecule has 10 nitrogen and oxygen atoms in total. The summed E-state index contributed by atoms with van der Waals surface area (Å²) in [4.78, 5) is 15.1. The summed E-state index contributed by atoms with van der Waals surface area (Å²) in [6.45, 7) is 4.52. The van der Waals surface area contributed by atoms with Crippen molar-refractivity contribution in [3.05, 3.63) is 59.9 Å². The van der Waals surface area contributed by atoms with E-state index in [4.69, 9.17) is 13.9 Å². The molecule has 2 aliphatic heterocycles. The number of nitriles is 1. The smallest absolute Gasteiger partial charge is 0.262 e. The second-order valence-electron chi connectivity index (χ2n) is 9.75. The van der Waals surface area contributed by atoms with E-state index in [0.29, 0.717) is 17.1 Å². The molecule has 4 atom stereocenters. The van der Waals surface area contributed by atoms with Gasteiger partial charge in [-0.1, -0.05) is 18.2 Å². The van der Waals surface area contributed by atoms with Crippen molar-refractivity contribution in [3.8, 4) is 17.4 Å². The van der Waals surface area contributed by atoms with Gasteiger partial charge in [-0.25, -0.2) is 0 Å². The van der Waals surface area contributed by atoms with E-state index in [1.807, 2.05) is 24.3 Å². The molecule has 204 valence electrons. The van der Waals surface area contributed by atoms with E-state index in [2.05, 4.69) is 28.4 Å². The number of fused-ring (bicyclic) bond motifs is 1. The second kappa shape index (κ2) is 11.6. The van der Waals surface area contributed by atoms with Crippen LogP contribution in [0, 0.1) is 11.3 Å². The van der Waals surface area contributed by atoms with Crippen LogP contribution in [0.15, 0.2) is 58.5 Å². The van der Waals surface area contributed by atoms with Crippen molar-refractivity contribution in [1.29, 1.82) is 5.26 Å². The normalized spacial score (nSPS) is 24.2. The van der Waals surface area contributed by atoms with Crippen molar-refractivity contribution in [2.24, 2.45) is 0 Å². The number of hydrogen-bond donors (Lipinski definition) is 4. The number of anilines is 1. The van der Waals surface area contributed by atoms with Crippen molar-refractivity contribution in [3.63, 3.8) is 0 Å². The number of carbonyl (C=O) groups is 1. The molecule has 0 unspecified atom stereocenters. The van der Waals surface area contributed by atoms with E-state index < -0.39 is 30.3 Å². The Kier molecular flexibility index (Phi) is 7.97. The molecule has 3 aromatic rings. The molecule has 10 heteroatoms. The van der Waals surface area contributed by atoms with Crippen LogP contribution in [-0.2, 0) is 14.3 Å². The molecule has 3 heterocycles. The Balaban J connectivity index is 1.30. The van der Waals surface area contributed by atoms with Gasteiger partial charge in [-0.15, -0.1) is 0 Å². The van der Waals surface area contributed by atoms with E-state index >= 15 is 0 Å². The zero-order chi connectivity index (χ0) is 27.5. The van der Waals surface area contributed by atoms with Crippen molar-refractivity contribution in [2.75, 3.05) is 44.4 Å². The van der Waals surface area contributed by atoms with Gasteiger partial charge in [0.25, 0.3) is 5.91 Å². The molecule has 1 amide bonds. The lowest BCUT2D eigenvalue weighted by molar-refractivity contribution is -0.185. The summed E-state index contributed by atoms with van der Waals surface area (Å²) in [6.07, 6.45) is -4.87. The number of aliphatic hydroxyl groups is 3. The third-order valence-electron chi connectivity index (χ3n) is 7.24. The summed E-state index contributed by atoms with van der Waals surface area (Å²) >= 11 is 0. The van der Waals surface area contributed by atoms with Crippen molar-refractivity contribution in [2.45, 2.75) is 31.3 Å². The van der Waals surface area contributed by atoms with Gasteiger partial charge in [0.15, 0.2) is 0 Å². The van der Waals surface area contributed by atoms with E-state index in [0.717, 1.165) is 42.6 Å². The van der Waals surface area contributed by atoms with Crippen LogP contribution >= 0.6 is 0 Å². The van der Waals surface area contributed by atoms with Crippen LogP contribution in [0.4, 0.5) is 5.69 Å². The molecule has 0 spiro atoms. The number of ether oxygens (including phenoxy) is 2. The van der Waals surface area contributed by atoms with Gasteiger partial charge >= 0.3 is 0 Å². The van der Waals surface area contributed by atoms with E-state index in [-0.39, 0.29) is 18.7 Å². The van der Waals surface area contributed by atoms with Crippen LogP contribution in [-0.4, -0.2) is 85.1 Å². The fourth-order valence-electron chi connectivity index (χ4n) is 4.86. The number of nitrogens with zero attached hydrogens (tertiary/aromatic N) is 2. The van der Waals surface area contributed by atoms with Gasteiger partial charge in [0.05, 0.1) is 19.8 Å². The highest BCUT2D eigenvalue weighted by molar-refractivity contribution is 6.04. The average molecular weight is 534 g/mol. The number of carbonyl (C=O) groups excluding carboxylic acids is 1. The topological polar surface area (TPSA) is 148 Å². The lowest BCUT2D eigenvalue weighted by Gasteiger charge is -2.35. The van der Waals surface area contributed by atoms with Crippen LogP contribution in [0.2, 0.25) is 0 Å². The highest BCUT2D eigenvalue weighted by Crippen LogP contribution is 2.31. The van der Waals surface area contributed by atoms with Crippen LogP contribution in [0.3, 0.4) is 0 Å². The first kappa shape index (κ1) is 26.9. The number of amides is 1. The molecule has 0 aliphatic carbocycles. The van der Waals surface area contributed by atoms with E-state index in [1.54, 1.807) is 19.1 Å². The average Bonchev–Trinajstić information content (AvgIpc) is 3.46. The number of morpholine rings is 1. The van der Waals surface area contributed by atoms with Crippen LogP contribution in [0.25, 0.3) is 27.7 Å². The summed E-state index contributed by atoms with van der Waals surface area (Å²) in [5.74, 6) is 0.325. The Morgan fingerprint density at radius 1 is 1.05 bits per heavy atom. The summed E-state index contributed by atoms with van der Waals surface area (Å²) in [6, 6.07) is 17.9. The molecular formula is C29H31N3O7. The summed E-state index contributed by atoms with van der Waals surface area (Å²) in [7, 11) is 0. The Morgan fingerprint density at radius 2 is 1.79 bits per heavy atom. The number of furan rings is 1. The molecule has 4 N–H and O–H groups in total. The van der Waals surface area contributed by atoms with Gasteiger partial charge in [-0.05, 0) is 48.0 Å². The maximum Gasteiger partial charge on any atom is 0.262 e. The molecule has 0 saturated carbocycles. The van der Waals surface area contributed by atoms with Gasteiger partial charge in [-0.3, -0.25) is 4.79 Å². The number of hydrogen-bond acceptors (Lipinski definition) is 9. The second-order valence-corrected chi connectivity index (χ2v) is 9.75. The van der Waals surface area contributed by atoms with Crippen molar-refractivity contribution in [1.82, 2.24) is 5.32 Å². The molecule has 2 aliphatic rings. The van der Waals surface area contributed by atoms with E-state index in [9.17, 15) is 25.4 Å². The first-order valence-electron chi connectivity index (χ1n) is 12.9. The Morgan fingerprint density at radius 3 is 2.56 bits per heavy atom. The lowest BCUT2D eigenvalue weighted by Crippen LogP contribution is -2.56. The molecule has 1 aromatic heterocycles. The van der Waals surface area contributed by atoms with Crippen molar-refractivity contribution < 1.29 is 34.0 Å². The largest absolute Gasteiger partial charge is 0.456 e. The van der Waals surface area contributed by atoms with Crippen LogP contribution in [0.5, 0.6) is 0 Å². The fraction of sp³-hybridized carbons (Fsp3) is 0.379. The predicted octanol–water partition coefficient (Wildman–Crippen LogP) is 1.83. The first-order chi connectivity index (χ1) is 18.9. The van der Waals surface area contributed by atoms with Gasteiger partial charge in [-0.2, -0.15) is 5.26 Å². The zero-order valence-corrected chi connectivity index (χ0v) is 21.5. The molecule has 5 rings (SSSR count). The third kappa shape index (κ3) is 5.68. The van der Waals surface area contributed by atoms with Gasteiger partial charge in [0, 0.05) is 36.5 Å². The Bertz CT molecular complexity index is 1420. The number of benzene rings is 2. The molecule has 0 radical (unpaired) electrons. The molecule has 2 aromatic carbocycles. The maximum absolute atomic E-state index is 12.8. The zero-order valence-electron chi connectivity index (χ0n) is 21.5.